The minimum atomic E-state index is 0.720. The molecule has 0 aromatic carbocycles. The molecule has 1 aliphatic carbocycles. The molecule has 0 aromatic rings. The van der Waals surface area contributed by atoms with Crippen LogP contribution in [0.15, 0.2) is 24.3 Å². The summed E-state index contributed by atoms with van der Waals surface area (Å²) in [5.74, 6) is 0.774. The number of hydrogen-bond acceptors (Lipinski definition) is 0. The van der Waals surface area contributed by atoms with Gasteiger partial charge in [-0.15, -0.1) is 0 Å². The molecule has 2 atom stereocenters. The lowest BCUT2D eigenvalue weighted by atomic mass is 9.98. The Hall–Kier alpha value is 0.210. The van der Waals surface area contributed by atoms with Crippen LogP contribution in [0.25, 0.3) is 0 Å². The van der Waals surface area contributed by atoms with Crippen LogP contribution in [0.3, 0.4) is 0 Å². The van der Waals surface area contributed by atoms with Crippen molar-refractivity contribution in [2.24, 2.45) is 5.92 Å². The second-order valence-corrected chi connectivity index (χ2v) is 3.72. The van der Waals surface area contributed by atoms with Crippen LogP contribution in [0, 0.1) is 5.92 Å². The molecule has 0 nitrogen and oxygen atoms in total. The highest BCUT2D eigenvalue weighted by Crippen LogP contribution is 2.22. The fourth-order valence-corrected chi connectivity index (χ4v) is 1.98. The molecule has 0 amide bonds. The van der Waals surface area contributed by atoms with Gasteiger partial charge >= 0.3 is 0 Å². The summed E-state index contributed by atoms with van der Waals surface area (Å²) in [4.78, 5) is 0. The van der Waals surface area contributed by atoms with Crippen LogP contribution in [0.2, 0.25) is 0 Å². The van der Waals surface area contributed by atoms with Crippen molar-refractivity contribution in [2.75, 3.05) is 0 Å². The van der Waals surface area contributed by atoms with Crippen molar-refractivity contribution in [1.29, 1.82) is 0 Å². The number of hydrogen-bond donors (Lipinski definition) is 0. The lowest BCUT2D eigenvalue weighted by Gasteiger charge is -2.15. The van der Waals surface area contributed by atoms with Gasteiger partial charge < -0.3 is 0 Å². The highest BCUT2D eigenvalue weighted by molar-refractivity contribution is 14.1. The summed E-state index contributed by atoms with van der Waals surface area (Å²) in [6, 6.07) is 0. The van der Waals surface area contributed by atoms with Gasteiger partial charge in [-0.2, -0.15) is 0 Å². The third-order valence-electron chi connectivity index (χ3n) is 1.64. The number of rotatable bonds is 1. The van der Waals surface area contributed by atoms with Crippen molar-refractivity contribution in [3.8, 4) is 0 Å². The van der Waals surface area contributed by atoms with E-state index in [0.717, 1.165) is 9.84 Å². The van der Waals surface area contributed by atoms with Gasteiger partial charge in [-0.1, -0.05) is 53.8 Å². The Morgan fingerprint density at radius 2 is 2.00 bits per heavy atom. The van der Waals surface area contributed by atoms with Crippen molar-refractivity contribution in [3.63, 3.8) is 0 Å². The molecular formula is C8H11I. The van der Waals surface area contributed by atoms with Gasteiger partial charge in [0.2, 0.25) is 0 Å². The van der Waals surface area contributed by atoms with Crippen molar-refractivity contribution in [3.05, 3.63) is 24.3 Å². The van der Waals surface area contributed by atoms with Gasteiger partial charge in [0, 0.05) is 3.92 Å². The van der Waals surface area contributed by atoms with Crippen molar-refractivity contribution in [2.45, 2.75) is 17.3 Å². The SMILES string of the molecule is CCC1C=CC=C[C@@H]1I. The smallest absolute Gasteiger partial charge is 0.0355 e. The molecule has 0 bridgehead atoms. The molecule has 50 valence electrons. The molecule has 0 radical (unpaired) electrons. The molecule has 0 saturated carbocycles. The largest absolute Gasteiger partial charge is 0.0801 e. The second-order valence-electron chi connectivity index (χ2n) is 2.29. The quantitative estimate of drug-likeness (QED) is 0.483. The fourth-order valence-electron chi connectivity index (χ4n) is 0.987. The van der Waals surface area contributed by atoms with Gasteiger partial charge in [-0.3, -0.25) is 0 Å². The highest BCUT2D eigenvalue weighted by atomic mass is 127. The van der Waals surface area contributed by atoms with Gasteiger partial charge in [0.05, 0.1) is 0 Å². The monoisotopic (exact) mass is 234 g/mol. The van der Waals surface area contributed by atoms with Gasteiger partial charge in [-0.25, -0.2) is 0 Å². The zero-order valence-corrected chi connectivity index (χ0v) is 7.71. The fraction of sp³-hybridized carbons (Fsp3) is 0.500. The zero-order valence-electron chi connectivity index (χ0n) is 5.55. The Balaban J connectivity index is 2.55. The standard InChI is InChI=1S/C8H11I/c1-2-7-5-3-4-6-8(7)9/h3-8H,2H2,1H3/t7?,8-/m0/s1. The predicted molar refractivity (Wildman–Crippen MR) is 49.9 cm³/mol. The van der Waals surface area contributed by atoms with Crippen LogP contribution in [0.5, 0.6) is 0 Å². The lowest BCUT2D eigenvalue weighted by Crippen LogP contribution is -2.09. The average Bonchev–Trinajstić information content (AvgIpc) is 1.89. The summed E-state index contributed by atoms with van der Waals surface area (Å²) in [6.07, 6.45) is 10.1. The van der Waals surface area contributed by atoms with E-state index in [9.17, 15) is 0 Å². The van der Waals surface area contributed by atoms with Crippen LogP contribution in [0.1, 0.15) is 13.3 Å². The molecule has 0 N–H and O–H groups in total. The summed E-state index contributed by atoms with van der Waals surface area (Å²) in [5, 5.41) is 0. The molecule has 9 heavy (non-hydrogen) atoms. The van der Waals surface area contributed by atoms with Gasteiger partial charge in [-0.05, 0) is 12.3 Å². The van der Waals surface area contributed by atoms with Crippen molar-refractivity contribution < 1.29 is 0 Å². The van der Waals surface area contributed by atoms with E-state index in [1.165, 1.54) is 6.42 Å². The Labute approximate surface area is 70.2 Å². The van der Waals surface area contributed by atoms with E-state index in [1.54, 1.807) is 0 Å². The number of allylic oxidation sites excluding steroid dienone is 4. The van der Waals surface area contributed by atoms with E-state index in [2.05, 4.69) is 53.8 Å². The lowest BCUT2D eigenvalue weighted by molar-refractivity contribution is 0.660. The second kappa shape index (κ2) is 3.40. The normalized spacial score (nSPS) is 33.1. The first-order valence-corrected chi connectivity index (χ1v) is 4.58. The van der Waals surface area contributed by atoms with E-state index in [0.29, 0.717) is 0 Å². The molecule has 0 saturated heterocycles. The van der Waals surface area contributed by atoms with E-state index in [-0.39, 0.29) is 0 Å². The molecule has 1 rings (SSSR count). The third-order valence-corrected chi connectivity index (χ3v) is 2.98. The molecular weight excluding hydrogens is 223 g/mol. The molecule has 1 aliphatic rings. The van der Waals surface area contributed by atoms with E-state index in [4.69, 9.17) is 0 Å². The maximum Gasteiger partial charge on any atom is 0.0355 e. The third kappa shape index (κ3) is 1.81. The van der Waals surface area contributed by atoms with Crippen molar-refractivity contribution in [1.82, 2.24) is 0 Å². The summed E-state index contributed by atoms with van der Waals surface area (Å²) >= 11 is 2.48. The summed E-state index contributed by atoms with van der Waals surface area (Å²) in [5.41, 5.74) is 0. The number of alkyl halides is 1. The highest BCUT2D eigenvalue weighted by Gasteiger charge is 2.11. The Kier molecular flexibility index (Phi) is 2.76. The van der Waals surface area contributed by atoms with Crippen molar-refractivity contribution >= 4 is 22.6 Å². The zero-order chi connectivity index (χ0) is 6.69. The van der Waals surface area contributed by atoms with Crippen LogP contribution < -0.4 is 0 Å². The summed E-state index contributed by atoms with van der Waals surface area (Å²) in [6.45, 7) is 2.24. The first-order valence-electron chi connectivity index (χ1n) is 3.33. The summed E-state index contributed by atoms with van der Waals surface area (Å²) < 4.78 is 0.720. The molecule has 1 unspecified atom stereocenters. The Bertz CT molecular complexity index is 136. The number of halogens is 1. The minimum absolute atomic E-state index is 0.720. The van der Waals surface area contributed by atoms with Crippen LogP contribution in [0.4, 0.5) is 0 Å². The van der Waals surface area contributed by atoms with Crippen LogP contribution in [-0.4, -0.2) is 3.92 Å². The molecule has 1 heteroatoms. The van der Waals surface area contributed by atoms with Gasteiger partial charge in [0.1, 0.15) is 0 Å². The maximum absolute atomic E-state index is 2.48. The van der Waals surface area contributed by atoms with E-state index >= 15 is 0 Å². The van der Waals surface area contributed by atoms with E-state index in [1.807, 2.05) is 0 Å². The Morgan fingerprint density at radius 3 is 2.44 bits per heavy atom. The average molecular weight is 234 g/mol. The summed E-state index contributed by atoms with van der Waals surface area (Å²) in [7, 11) is 0. The molecule has 0 aliphatic heterocycles. The van der Waals surface area contributed by atoms with Crippen LogP contribution >= 0.6 is 22.6 Å². The topological polar surface area (TPSA) is 0 Å². The van der Waals surface area contributed by atoms with Crippen LogP contribution in [-0.2, 0) is 0 Å². The van der Waals surface area contributed by atoms with Gasteiger partial charge in [0.25, 0.3) is 0 Å². The minimum Gasteiger partial charge on any atom is -0.0801 e. The molecule has 0 spiro atoms. The molecule has 0 heterocycles. The first-order chi connectivity index (χ1) is 4.34. The Morgan fingerprint density at radius 1 is 1.33 bits per heavy atom. The van der Waals surface area contributed by atoms with E-state index < -0.39 is 0 Å². The maximum atomic E-state index is 2.48. The molecule has 0 aromatic heterocycles. The van der Waals surface area contributed by atoms with Gasteiger partial charge in [0.15, 0.2) is 0 Å². The molecule has 0 fully saturated rings. The predicted octanol–water partition coefficient (Wildman–Crippen LogP) is 2.94. The first kappa shape index (κ1) is 7.32.